The first-order chi connectivity index (χ1) is 17.2. The summed E-state index contributed by atoms with van der Waals surface area (Å²) in [6.45, 7) is 4.88. The molecule has 4 aromatic rings. The van der Waals surface area contributed by atoms with Crippen molar-refractivity contribution in [2.45, 2.75) is 32.4 Å². The van der Waals surface area contributed by atoms with Crippen LogP contribution < -0.4 is 10.6 Å². The highest BCUT2D eigenvalue weighted by atomic mass is 16.6. The fourth-order valence-corrected chi connectivity index (χ4v) is 3.49. The maximum absolute atomic E-state index is 12.8. The summed E-state index contributed by atoms with van der Waals surface area (Å²) in [4.78, 5) is 33.9. The number of benzene rings is 1. The number of ether oxygens (including phenoxy) is 1. The number of fused-ring (bicyclic) bond motifs is 1. The molecule has 186 valence electrons. The van der Waals surface area contributed by atoms with Gasteiger partial charge in [-0.15, -0.1) is 0 Å². The van der Waals surface area contributed by atoms with Crippen LogP contribution in [0.3, 0.4) is 0 Å². The van der Waals surface area contributed by atoms with Crippen molar-refractivity contribution in [3.05, 3.63) is 72.7 Å². The van der Waals surface area contributed by atoms with Crippen molar-refractivity contribution in [2.24, 2.45) is 0 Å². The number of nitrogens with zero attached hydrogens (tertiary/aromatic N) is 4. The molecule has 0 aliphatic heterocycles. The third-order valence-corrected chi connectivity index (χ3v) is 5.19. The number of aliphatic hydroxyl groups excluding tert-OH is 1. The van der Waals surface area contributed by atoms with Gasteiger partial charge in [0.2, 0.25) is 0 Å². The molecule has 0 aliphatic rings. The first-order valence-electron chi connectivity index (χ1n) is 11.5. The number of amides is 2. The summed E-state index contributed by atoms with van der Waals surface area (Å²) in [6.07, 6.45) is 4.36. The smallest absolute Gasteiger partial charge is 0.408 e. The number of rotatable bonds is 7. The van der Waals surface area contributed by atoms with Gasteiger partial charge in [-0.1, -0.05) is 30.3 Å². The van der Waals surface area contributed by atoms with Crippen molar-refractivity contribution in [3.8, 4) is 22.5 Å². The Morgan fingerprint density at radius 3 is 2.61 bits per heavy atom. The summed E-state index contributed by atoms with van der Waals surface area (Å²) in [5, 5.41) is 19.2. The van der Waals surface area contributed by atoms with E-state index in [0.717, 1.165) is 11.3 Å². The topological polar surface area (TPSA) is 131 Å². The third-order valence-electron chi connectivity index (χ3n) is 5.19. The summed E-state index contributed by atoms with van der Waals surface area (Å²) >= 11 is 0. The van der Waals surface area contributed by atoms with Crippen LogP contribution in [-0.2, 0) is 4.74 Å². The first kappa shape index (κ1) is 24.8. The Morgan fingerprint density at radius 1 is 1.11 bits per heavy atom. The summed E-state index contributed by atoms with van der Waals surface area (Å²) in [6, 6.07) is 14.2. The van der Waals surface area contributed by atoms with E-state index < -0.39 is 17.7 Å². The highest BCUT2D eigenvalue weighted by molar-refractivity contribution is 5.95. The maximum atomic E-state index is 12.8. The lowest BCUT2D eigenvalue weighted by Gasteiger charge is -2.23. The molecule has 0 saturated heterocycles. The van der Waals surface area contributed by atoms with Crippen LogP contribution in [0.25, 0.3) is 28.2 Å². The molecule has 2 amide bonds. The summed E-state index contributed by atoms with van der Waals surface area (Å²) in [5.74, 6) is -0.377. The lowest BCUT2D eigenvalue weighted by molar-refractivity contribution is 0.0480. The number of aromatic nitrogens is 4. The number of hydrogen-bond donors (Lipinski definition) is 3. The number of carbonyl (C=O) groups is 2. The van der Waals surface area contributed by atoms with E-state index in [1.54, 1.807) is 43.6 Å². The minimum Gasteiger partial charge on any atom is -0.444 e. The highest BCUT2D eigenvalue weighted by Gasteiger charge is 2.20. The molecule has 3 heterocycles. The van der Waals surface area contributed by atoms with E-state index in [0.29, 0.717) is 22.5 Å². The number of nitrogens with one attached hydrogen (secondary N) is 2. The fourth-order valence-electron chi connectivity index (χ4n) is 3.49. The third kappa shape index (κ3) is 6.02. The predicted molar refractivity (Wildman–Crippen MR) is 134 cm³/mol. The number of aliphatic hydroxyl groups is 1. The van der Waals surface area contributed by atoms with Gasteiger partial charge in [-0.3, -0.25) is 9.78 Å². The van der Waals surface area contributed by atoms with Crippen LogP contribution in [0, 0.1) is 0 Å². The van der Waals surface area contributed by atoms with E-state index in [2.05, 4.69) is 20.7 Å². The molecule has 0 bridgehead atoms. The largest absolute Gasteiger partial charge is 0.444 e. The molecule has 0 saturated carbocycles. The summed E-state index contributed by atoms with van der Waals surface area (Å²) in [5.41, 5.74) is 3.31. The molecule has 1 aromatic carbocycles. The molecular formula is C26H28N6O4. The van der Waals surface area contributed by atoms with Gasteiger partial charge in [-0.05, 0) is 39.0 Å². The van der Waals surface area contributed by atoms with E-state index in [-0.39, 0.29) is 19.1 Å². The minimum absolute atomic E-state index is 0.0188. The summed E-state index contributed by atoms with van der Waals surface area (Å²) in [7, 11) is 0. The van der Waals surface area contributed by atoms with Crippen molar-refractivity contribution >= 4 is 17.6 Å². The lowest BCUT2D eigenvalue weighted by atomic mass is 10.1. The summed E-state index contributed by atoms with van der Waals surface area (Å²) < 4.78 is 6.85. The Balaban J connectivity index is 1.49. The molecule has 36 heavy (non-hydrogen) atoms. The number of hydrogen-bond acceptors (Lipinski definition) is 7. The first-order valence-corrected chi connectivity index (χ1v) is 11.5. The fraction of sp³-hybridized carbons (Fsp3) is 0.269. The zero-order valence-corrected chi connectivity index (χ0v) is 20.3. The molecule has 0 radical (unpaired) electrons. The molecule has 4 rings (SSSR count). The zero-order chi connectivity index (χ0) is 25.7. The second-order valence-electron chi connectivity index (χ2n) is 9.17. The van der Waals surface area contributed by atoms with Crippen LogP contribution in [0.5, 0.6) is 0 Å². The number of carbonyl (C=O) groups excluding carboxylic acids is 2. The molecule has 3 N–H and O–H groups in total. The van der Waals surface area contributed by atoms with Gasteiger partial charge in [0.05, 0.1) is 35.8 Å². The molecule has 1 atom stereocenters. The van der Waals surface area contributed by atoms with Crippen LogP contribution in [0.4, 0.5) is 4.79 Å². The van der Waals surface area contributed by atoms with E-state index >= 15 is 0 Å². The van der Waals surface area contributed by atoms with Gasteiger partial charge in [0.15, 0.2) is 5.65 Å². The van der Waals surface area contributed by atoms with Gasteiger partial charge in [-0.25, -0.2) is 14.3 Å². The quantitative estimate of drug-likeness (QED) is 0.364. The average molecular weight is 489 g/mol. The van der Waals surface area contributed by atoms with Crippen LogP contribution in [0.15, 0.2) is 67.1 Å². The lowest BCUT2D eigenvalue weighted by Crippen LogP contribution is -2.47. The van der Waals surface area contributed by atoms with Gasteiger partial charge < -0.3 is 20.5 Å². The second-order valence-corrected chi connectivity index (χ2v) is 9.17. The van der Waals surface area contributed by atoms with Crippen molar-refractivity contribution in [3.63, 3.8) is 0 Å². The van der Waals surface area contributed by atoms with Gasteiger partial charge in [0.1, 0.15) is 5.60 Å². The van der Waals surface area contributed by atoms with Crippen molar-refractivity contribution < 1.29 is 19.4 Å². The van der Waals surface area contributed by atoms with Crippen molar-refractivity contribution in [2.75, 3.05) is 13.2 Å². The molecular weight excluding hydrogens is 460 g/mol. The van der Waals surface area contributed by atoms with Gasteiger partial charge >= 0.3 is 6.09 Å². The Kier molecular flexibility index (Phi) is 7.25. The predicted octanol–water partition coefficient (Wildman–Crippen LogP) is 3.07. The molecule has 10 nitrogen and oxygen atoms in total. The Bertz CT molecular complexity index is 1360. The monoisotopic (exact) mass is 488 g/mol. The molecule has 0 aliphatic carbocycles. The average Bonchev–Trinajstić information content (AvgIpc) is 3.29. The van der Waals surface area contributed by atoms with Crippen LogP contribution in [0.1, 0.15) is 31.1 Å². The maximum Gasteiger partial charge on any atom is 0.408 e. The van der Waals surface area contributed by atoms with E-state index in [4.69, 9.17) is 9.72 Å². The van der Waals surface area contributed by atoms with Gasteiger partial charge in [-0.2, -0.15) is 5.10 Å². The van der Waals surface area contributed by atoms with E-state index in [9.17, 15) is 14.7 Å². The zero-order valence-electron chi connectivity index (χ0n) is 20.3. The number of alkyl carbamates (subject to hydrolysis) is 1. The van der Waals surface area contributed by atoms with Crippen LogP contribution >= 0.6 is 0 Å². The van der Waals surface area contributed by atoms with Crippen molar-refractivity contribution in [1.82, 2.24) is 30.2 Å². The van der Waals surface area contributed by atoms with Gasteiger partial charge in [0.25, 0.3) is 5.91 Å². The normalized spacial score (nSPS) is 12.2. The molecule has 3 aromatic heterocycles. The van der Waals surface area contributed by atoms with Crippen LogP contribution in [-0.4, -0.2) is 61.5 Å². The second kappa shape index (κ2) is 10.5. The standard InChI is InChI=1S/C26H28N6O4/c1-26(2,3)36-25(35)30-19(16-33)14-28-24(34)18-9-11-27-22(13-18)20-15-29-32-12-10-21(31-23(20)32)17-7-5-4-6-8-17/h4-13,15,19,33H,14,16H2,1-3H3,(H,28,34)(H,30,35)/t19-/m1/s1. The van der Waals surface area contributed by atoms with Gasteiger partial charge in [0, 0.05) is 30.1 Å². The van der Waals surface area contributed by atoms with Crippen molar-refractivity contribution in [1.29, 1.82) is 0 Å². The van der Waals surface area contributed by atoms with Crippen LogP contribution in [0.2, 0.25) is 0 Å². The Morgan fingerprint density at radius 2 is 1.89 bits per heavy atom. The van der Waals surface area contributed by atoms with E-state index in [1.165, 1.54) is 6.20 Å². The Labute approximate surface area is 208 Å². The molecule has 0 unspecified atom stereocenters. The molecule has 0 fully saturated rings. The molecule has 0 spiro atoms. The SMILES string of the molecule is CC(C)(C)OC(=O)N[C@@H](CO)CNC(=O)c1ccnc(-c2cnn3ccc(-c4ccccc4)nc23)c1. The Hall–Kier alpha value is -4.31. The van der Waals surface area contributed by atoms with E-state index in [1.807, 2.05) is 42.6 Å². The number of pyridine rings is 1. The minimum atomic E-state index is -0.703. The molecule has 10 heteroatoms. The highest BCUT2D eigenvalue weighted by Crippen LogP contribution is 2.25.